The average molecular weight is 506 g/mol. The number of fused-ring (bicyclic) bond motifs is 1. The molecule has 2 aliphatic rings. The van der Waals surface area contributed by atoms with Gasteiger partial charge < -0.3 is 25.2 Å². The normalized spacial score (nSPS) is 18.0. The van der Waals surface area contributed by atoms with Crippen molar-refractivity contribution in [3.05, 3.63) is 71.8 Å². The van der Waals surface area contributed by atoms with Crippen molar-refractivity contribution in [2.45, 2.75) is 57.5 Å². The van der Waals surface area contributed by atoms with E-state index in [4.69, 9.17) is 4.74 Å². The predicted octanol–water partition coefficient (Wildman–Crippen LogP) is 1.89. The highest BCUT2D eigenvalue weighted by Gasteiger charge is 2.45. The molecule has 3 aromatic rings. The summed E-state index contributed by atoms with van der Waals surface area (Å²) in [5, 5.41) is 28.6. The Balaban J connectivity index is 1.27. The molecule has 1 saturated carbocycles. The number of nitrogens with zero attached hydrogens (tertiary/aromatic N) is 4. The molecule has 0 bridgehead atoms. The summed E-state index contributed by atoms with van der Waals surface area (Å²) in [5.74, 6) is -0.393. The van der Waals surface area contributed by atoms with E-state index in [9.17, 15) is 19.8 Å². The molecule has 3 unspecified atom stereocenters. The van der Waals surface area contributed by atoms with Gasteiger partial charge >= 0.3 is 0 Å². The van der Waals surface area contributed by atoms with Crippen LogP contribution in [0.1, 0.15) is 49.6 Å². The zero-order valence-electron chi connectivity index (χ0n) is 20.9. The zero-order chi connectivity index (χ0) is 26.2. The van der Waals surface area contributed by atoms with E-state index >= 15 is 0 Å². The summed E-state index contributed by atoms with van der Waals surface area (Å²) in [5.41, 5.74) is 0.793. The first kappa shape index (κ1) is 24.9. The van der Waals surface area contributed by atoms with Gasteiger partial charge in [0.25, 0.3) is 11.8 Å². The van der Waals surface area contributed by atoms with E-state index in [1.807, 2.05) is 36.5 Å². The third-order valence-corrected chi connectivity index (χ3v) is 6.98. The number of hydrogen-bond donors (Lipinski definition) is 3. The van der Waals surface area contributed by atoms with Crippen LogP contribution in [0.25, 0.3) is 5.69 Å². The quantitative estimate of drug-likeness (QED) is 0.405. The van der Waals surface area contributed by atoms with Gasteiger partial charge in [0.2, 0.25) is 0 Å². The van der Waals surface area contributed by atoms with Crippen molar-refractivity contribution in [1.82, 2.24) is 25.0 Å². The largest absolute Gasteiger partial charge is 0.491 e. The summed E-state index contributed by atoms with van der Waals surface area (Å²) < 4.78 is 7.80. The smallest absolute Gasteiger partial charge is 0.255 e. The highest BCUT2D eigenvalue weighted by molar-refractivity contribution is 5.94. The lowest BCUT2D eigenvalue weighted by atomic mass is 9.95. The number of carbonyl (C=O) groups excluding carboxylic acids is 2. The van der Waals surface area contributed by atoms with Gasteiger partial charge in [0.15, 0.2) is 11.7 Å². The first-order valence-electron chi connectivity index (χ1n) is 12.4. The van der Waals surface area contributed by atoms with Crippen molar-refractivity contribution < 1.29 is 24.5 Å². The van der Waals surface area contributed by atoms with Crippen LogP contribution < -0.4 is 10.1 Å². The molecule has 3 atom stereocenters. The van der Waals surface area contributed by atoms with E-state index < -0.39 is 29.6 Å². The van der Waals surface area contributed by atoms with Gasteiger partial charge in [-0.1, -0.05) is 12.1 Å². The number of hydrogen-bond acceptors (Lipinski definition) is 7. The van der Waals surface area contributed by atoms with Crippen LogP contribution in [-0.2, 0) is 22.7 Å². The molecule has 0 saturated heterocycles. The second-order valence-electron chi connectivity index (χ2n) is 9.98. The SMILES string of the molecule is CC(NC(=O)C(C)(O)C(O)C(=O)N1Cc2cccnc2C1)c1ccc(-n2cccn2)c(OCC2CC2)c1. The molecule has 0 spiro atoms. The number of pyridine rings is 1. The third kappa shape index (κ3) is 5.21. The van der Waals surface area contributed by atoms with Crippen LogP contribution in [0.5, 0.6) is 5.75 Å². The highest BCUT2D eigenvalue weighted by Crippen LogP contribution is 2.33. The first-order chi connectivity index (χ1) is 17.7. The van der Waals surface area contributed by atoms with Crippen LogP contribution in [0.4, 0.5) is 0 Å². The second-order valence-corrected chi connectivity index (χ2v) is 9.98. The van der Waals surface area contributed by atoms with Crippen LogP contribution in [0.2, 0.25) is 0 Å². The molecule has 1 aliphatic heterocycles. The molecular weight excluding hydrogens is 474 g/mol. The molecule has 3 heterocycles. The molecule has 10 nitrogen and oxygen atoms in total. The summed E-state index contributed by atoms with van der Waals surface area (Å²) in [7, 11) is 0. The van der Waals surface area contributed by atoms with E-state index in [1.54, 1.807) is 30.1 Å². The summed E-state index contributed by atoms with van der Waals surface area (Å²) in [6.07, 6.45) is 5.52. The number of benzene rings is 1. The minimum absolute atomic E-state index is 0.215. The van der Waals surface area contributed by atoms with Crippen molar-refractivity contribution in [2.75, 3.05) is 6.61 Å². The van der Waals surface area contributed by atoms with E-state index in [0.29, 0.717) is 18.3 Å². The Labute approximate surface area is 214 Å². The molecule has 1 aromatic carbocycles. The third-order valence-electron chi connectivity index (χ3n) is 6.98. The number of aromatic nitrogens is 3. The monoisotopic (exact) mass is 505 g/mol. The fraction of sp³-hybridized carbons (Fsp3) is 0.407. The number of nitrogens with one attached hydrogen (secondary N) is 1. The van der Waals surface area contributed by atoms with E-state index in [0.717, 1.165) is 42.3 Å². The molecule has 5 rings (SSSR count). The van der Waals surface area contributed by atoms with Crippen molar-refractivity contribution >= 4 is 11.8 Å². The minimum Gasteiger partial charge on any atom is -0.491 e. The molecule has 1 fully saturated rings. The lowest BCUT2D eigenvalue weighted by Crippen LogP contribution is -2.58. The summed E-state index contributed by atoms with van der Waals surface area (Å²) in [6.45, 7) is 3.99. The Morgan fingerprint density at radius 2 is 2.03 bits per heavy atom. The Bertz CT molecular complexity index is 1260. The average Bonchev–Trinajstić information content (AvgIpc) is 3.37. The molecule has 194 valence electrons. The highest BCUT2D eigenvalue weighted by atomic mass is 16.5. The second kappa shape index (κ2) is 9.95. The molecular formula is C27H31N5O5. The number of aliphatic hydroxyl groups is 2. The topological polar surface area (TPSA) is 130 Å². The standard InChI is InChI=1S/C27H31N5O5/c1-17(19-8-9-22(32-12-4-11-29-32)23(13-19)37-16-18-6-7-18)30-26(35)27(2,36)24(33)25(34)31-14-20-5-3-10-28-21(20)15-31/h3-5,8-13,17-18,24,33,36H,6-7,14-16H2,1-2H3,(H,30,35). The van der Waals surface area contributed by atoms with Gasteiger partial charge in [-0.15, -0.1) is 0 Å². The maximum atomic E-state index is 13.0. The van der Waals surface area contributed by atoms with Crippen LogP contribution in [0.3, 0.4) is 0 Å². The van der Waals surface area contributed by atoms with Crippen LogP contribution >= 0.6 is 0 Å². The van der Waals surface area contributed by atoms with Gasteiger partial charge in [0.1, 0.15) is 11.4 Å². The Morgan fingerprint density at radius 3 is 2.73 bits per heavy atom. The first-order valence-corrected chi connectivity index (χ1v) is 12.4. The number of ether oxygens (including phenoxy) is 1. The van der Waals surface area contributed by atoms with Crippen LogP contribution in [-0.4, -0.2) is 60.0 Å². The van der Waals surface area contributed by atoms with Crippen LogP contribution in [0, 0.1) is 5.92 Å². The molecule has 2 aromatic heterocycles. The number of carbonyl (C=O) groups is 2. The van der Waals surface area contributed by atoms with Gasteiger partial charge in [-0.25, -0.2) is 4.68 Å². The molecule has 0 radical (unpaired) electrons. The number of rotatable bonds is 9. The summed E-state index contributed by atoms with van der Waals surface area (Å²) >= 11 is 0. The van der Waals surface area contributed by atoms with Crippen molar-refractivity contribution in [1.29, 1.82) is 0 Å². The van der Waals surface area contributed by atoms with Gasteiger partial charge in [-0.2, -0.15) is 5.10 Å². The molecule has 3 N–H and O–H groups in total. The fourth-order valence-electron chi connectivity index (χ4n) is 4.33. The zero-order valence-corrected chi connectivity index (χ0v) is 20.9. The molecule has 37 heavy (non-hydrogen) atoms. The van der Waals surface area contributed by atoms with Gasteiger partial charge in [-0.3, -0.25) is 14.6 Å². The lowest BCUT2D eigenvalue weighted by Gasteiger charge is -2.31. The Hall–Kier alpha value is -3.76. The van der Waals surface area contributed by atoms with E-state index in [-0.39, 0.29) is 13.1 Å². The molecule has 2 amide bonds. The van der Waals surface area contributed by atoms with Gasteiger partial charge in [-0.05, 0) is 68.0 Å². The Kier molecular flexibility index (Phi) is 6.70. The lowest BCUT2D eigenvalue weighted by molar-refractivity contribution is -0.166. The maximum absolute atomic E-state index is 13.0. The number of amides is 2. The van der Waals surface area contributed by atoms with Crippen molar-refractivity contribution in [3.8, 4) is 11.4 Å². The van der Waals surface area contributed by atoms with Gasteiger partial charge in [0.05, 0.1) is 24.9 Å². The van der Waals surface area contributed by atoms with E-state index in [1.165, 1.54) is 4.90 Å². The maximum Gasteiger partial charge on any atom is 0.255 e. The van der Waals surface area contributed by atoms with Crippen molar-refractivity contribution in [3.63, 3.8) is 0 Å². The fourth-order valence-corrected chi connectivity index (χ4v) is 4.33. The molecule has 1 aliphatic carbocycles. The summed E-state index contributed by atoms with van der Waals surface area (Å²) in [6, 6.07) is 10.5. The van der Waals surface area contributed by atoms with E-state index in [2.05, 4.69) is 15.4 Å². The predicted molar refractivity (Wildman–Crippen MR) is 133 cm³/mol. The van der Waals surface area contributed by atoms with Gasteiger partial charge in [0, 0.05) is 25.1 Å². The summed E-state index contributed by atoms with van der Waals surface area (Å²) in [4.78, 5) is 31.6. The number of aliphatic hydroxyl groups excluding tert-OH is 1. The van der Waals surface area contributed by atoms with Crippen LogP contribution in [0.15, 0.2) is 55.0 Å². The van der Waals surface area contributed by atoms with Crippen molar-refractivity contribution in [2.24, 2.45) is 5.92 Å². The molecule has 10 heteroatoms. The Morgan fingerprint density at radius 1 is 1.22 bits per heavy atom. The minimum atomic E-state index is -2.34.